The van der Waals surface area contributed by atoms with Crippen LogP contribution in [0, 0.1) is 22.9 Å². The fourth-order valence-electron chi connectivity index (χ4n) is 4.04. The van der Waals surface area contributed by atoms with E-state index >= 15 is 0 Å². The van der Waals surface area contributed by atoms with Gasteiger partial charge in [-0.3, -0.25) is 10.1 Å². The summed E-state index contributed by atoms with van der Waals surface area (Å²) < 4.78 is 24.9. The average molecular weight is 402 g/mol. The molecule has 29 heavy (non-hydrogen) atoms. The summed E-state index contributed by atoms with van der Waals surface area (Å²) >= 11 is 0. The molecule has 0 aliphatic heterocycles. The minimum Gasteiger partial charge on any atom is -0.481 e. The smallest absolute Gasteiger partial charge is 0.216 e. The van der Waals surface area contributed by atoms with Gasteiger partial charge in [-0.25, -0.2) is 9.37 Å². The molecule has 1 aliphatic rings. The van der Waals surface area contributed by atoms with Crippen LogP contribution in [0.4, 0.5) is 4.39 Å². The number of nitro groups is 1. The summed E-state index contributed by atoms with van der Waals surface area (Å²) in [6.45, 7) is 1.91. The van der Waals surface area contributed by atoms with E-state index in [0.717, 1.165) is 36.8 Å². The quantitative estimate of drug-likeness (QED) is 0.475. The molecule has 1 unspecified atom stereocenters. The van der Waals surface area contributed by atoms with Crippen molar-refractivity contribution in [3.05, 3.63) is 69.2 Å². The maximum Gasteiger partial charge on any atom is 0.216 e. The van der Waals surface area contributed by atoms with Gasteiger partial charge in [0.1, 0.15) is 5.82 Å². The molecule has 0 N–H and O–H groups in total. The standard InChI is InChI=1S/C22H27FN2O4/c1-15-10-21(22(28-2)24-12-15)18(13-25(26)27)14-29-20-8-6-16(7-9-20)17-4-3-5-19(23)11-17/h3-5,10-12,16,18,20H,6-9,13-14H2,1-2H3/t16-,18?,20+. The van der Waals surface area contributed by atoms with E-state index < -0.39 is 5.92 Å². The number of hydrogen-bond acceptors (Lipinski definition) is 5. The summed E-state index contributed by atoms with van der Waals surface area (Å²) in [5.74, 6) is 0.111. The molecule has 1 aromatic carbocycles. The second kappa shape index (κ2) is 9.78. The van der Waals surface area contributed by atoms with Crippen molar-refractivity contribution in [2.24, 2.45) is 0 Å². The van der Waals surface area contributed by atoms with Gasteiger partial charge in [-0.2, -0.15) is 0 Å². The topological polar surface area (TPSA) is 74.5 Å². The highest BCUT2D eigenvalue weighted by molar-refractivity contribution is 5.33. The lowest BCUT2D eigenvalue weighted by molar-refractivity contribution is -0.484. The van der Waals surface area contributed by atoms with E-state index in [0.29, 0.717) is 17.4 Å². The zero-order valence-corrected chi connectivity index (χ0v) is 16.8. The van der Waals surface area contributed by atoms with Gasteiger partial charge in [0.15, 0.2) is 0 Å². The van der Waals surface area contributed by atoms with Gasteiger partial charge < -0.3 is 9.47 Å². The summed E-state index contributed by atoms with van der Waals surface area (Å²) in [6, 6.07) is 8.67. The van der Waals surface area contributed by atoms with Gasteiger partial charge in [-0.05, 0) is 67.9 Å². The number of methoxy groups -OCH3 is 1. The third kappa shape index (κ3) is 5.73. The predicted octanol–water partition coefficient (Wildman–Crippen LogP) is 4.64. The van der Waals surface area contributed by atoms with E-state index in [2.05, 4.69) is 4.98 Å². The first-order valence-corrected chi connectivity index (χ1v) is 9.95. The van der Waals surface area contributed by atoms with Crippen molar-refractivity contribution in [1.82, 2.24) is 4.98 Å². The van der Waals surface area contributed by atoms with E-state index in [9.17, 15) is 14.5 Å². The molecule has 1 saturated carbocycles. The summed E-state index contributed by atoms with van der Waals surface area (Å²) in [4.78, 5) is 15.1. The zero-order chi connectivity index (χ0) is 20.8. The van der Waals surface area contributed by atoms with Crippen molar-refractivity contribution in [2.45, 2.75) is 50.5 Å². The first-order chi connectivity index (χ1) is 14.0. The van der Waals surface area contributed by atoms with Crippen LogP contribution in [0.5, 0.6) is 5.88 Å². The minimum atomic E-state index is -0.423. The van der Waals surface area contributed by atoms with Gasteiger partial charge in [-0.15, -0.1) is 0 Å². The van der Waals surface area contributed by atoms with Crippen LogP contribution < -0.4 is 4.74 Å². The number of rotatable bonds is 8. The molecule has 0 amide bonds. The van der Waals surface area contributed by atoms with Gasteiger partial charge in [0.05, 0.1) is 25.7 Å². The number of ether oxygens (including phenoxy) is 2. The van der Waals surface area contributed by atoms with Gasteiger partial charge in [-0.1, -0.05) is 12.1 Å². The highest BCUT2D eigenvalue weighted by atomic mass is 19.1. The van der Waals surface area contributed by atoms with Crippen LogP contribution in [-0.4, -0.2) is 36.3 Å². The monoisotopic (exact) mass is 402 g/mol. The number of halogens is 1. The van der Waals surface area contributed by atoms with Crippen molar-refractivity contribution in [2.75, 3.05) is 20.3 Å². The number of benzene rings is 1. The van der Waals surface area contributed by atoms with Gasteiger partial charge in [0.2, 0.25) is 12.4 Å². The summed E-state index contributed by atoms with van der Waals surface area (Å²) in [5.41, 5.74) is 2.66. The summed E-state index contributed by atoms with van der Waals surface area (Å²) in [7, 11) is 1.51. The second-order valence-corrected chi connectivity index (χ2v) is 7.69. The Morgan fingerprint density at radius 1 is 1.28 bits per heavy atom. The SMILES string of the molecule is COc1ncc(C)cc1C(CO[C@H]1CC[C@@H](c2cccc(F)c2)CC1)C[N+](=O)[O-]. The molecule has 1 heterocycles. The van der Waals surface area contributed by atoms with Crippen molar-refractivity contribution in [1.29, 1.82) is 0 Å². The first kappa shape index (κ1) is 21.2. The molecule has 2 aromatic rings. The summed E-state index contributed by atoms with van der Waals surface area (Å²) in [6.07, 6.45) is 5.29. The lowest BCUT2D eigenvalue weighted by atomic mass is 9.82. The van der Waals surface area contributed by atoms with Crippen molar-refractivity contribution < 1.29 is 18.8 Å². The number of pyridine rings is 1. The lowest BCUT2D eigenvalue weighted by Crippen LogP contribution is -2.26. The molecule has 0 radical (unpaired) electrons. The van der Waals surface area contributed by atoms with Crippen molar-refractivity contribution in [3.63, 3.8) is 0 Å². The Morgan fingerprint density at radius 3 is 2.69 bits per heavy atom. The maximum atomic E-state index is 13.5. The van der Waals surface area contributed by atoms with Crippen LogP contribution in [0.3, 0.4) is 0 Å². The Morgan fingerprint density at radius 2 is 2.03 bits per heavy atom. The fourth-order valence-corrected chi connectivity index (χ4v) is 4.04. The van der Waals surface area contributed by atoms with Crippen LogP contribution in [0.1, 0.15) is 54.2 Å². The molecule has 1 atom stereocenters. The van der Waals surface area contributed by atoms with E-state index in [1.807, 2.05) is 19.1 Å². The van der Waals surface area contributed by atoms with Crippen LogP contribution in [-0.2, 0) is 4.74 Å². The molecule has 6 nitrogen and oxygen atoms in total. The second-order valence-electron chi connectivity index (χ2n) is 7.69. The predicted molar refractivity (Wildman–Crippen MR) is 107 cm³/mol. The Balaban J connectivity index is 1.61. The highest BCUT2D eigenvalue weighted by Crippen LogP contribution is 2.35. The Hall–Kier alpha value is -2.54. The third-order valence-electron chi connectivity index (χ3n) is 5.55. The molecule has 0 saturated heterocycles. The molecular weight excluding hydrogens is 375 g/mol. The number of hydrogen-bond donors (Lipinski definition) is 0. The summed E-state index contributed by atoms with van der Waals surface area (Å²) in [5, 5.41) is 11.2. The third-order valence-corrected chi connectivity index (χ3v) is 5.55. The molecule has 0 bridgehead atoms. The molecule has 1 aromatic heterocycles. The normalized spacial score (nSPS) is 20.2. The Labute approximate surface area is 170 Å². The largest absolute Gasteiger partial charge is 0.481 e. The molecule has 1 aliphatic carbocycles. The van der Waals surface area contributed by atoms with E-state index in [1.165, 1.54) is 13.2 Å². The molecule has 156 valence electrons. The highest BCUT2D eigenvalue weighted by Gasteiger charge is 2.27. The van der Waals surface area contributed by atoms with Crippen LogP contribution in [0.2, 0.25) is 0 Å². The lowest BCUT2D eigenvalue weighted by Gasteiger charge is -2.30. The van der Waals surface area contributed by atoms with E-state index in [1.54, 1.807) is 18.3 Å². The van der Waals surface area contributed by atoms with Crippen LogP contribution in [0.15, 0.2) is 36.5 Å². The average Bonchev–Trinajstić information content (AvgIpc) is 2.71. The van der Waals surface area contributed by atoms with E-state index in [4.69, 9.17) is 9.47 Å². The zero-order valence-electron chi connectivity index (χ0n) is 16.8. The van der Waals surface area contributed by atoms with Crippen molar-refractivity contribution in [3.8, 4) is 5.88 Å². The molecular formula is C22H27FN2O4. The number of aromatic nitrogens is 1. The van der Waals surface area contributed by atoms with Crippen LogP contribution in [0.25, 0.3) is 0 Å². The number of aryl methyl sites for hydroxylation is 1. The van der Waals surface area contributed by atoms with Crippen molar-refractivity contribution >= 4 is 0 Å². The Kier molecular flexibility index (Phi) is 7.14. The van der Waals surface area contributed by atoms with E-state index in [-0.39, 0.29) is 30.0 Å². The number of nitrogens with zero attached hydrogens (tertiary/aromatic N) is 2. The van der Waals surface area contributed by atoms with Gasteiger partial charge >= 0.3 is 0 Å². The van der Waals surface area contributed by atoms with Gasteiger partial charge in [0.25, 0.3) is 0 Å². The molecule has 1 fully saturated rings. The first-order valence-electron chi connectivity index (χ1n) is 9.95. The fraction of sp³-hybridized carbons (Fsp3) is 0.500. The molecule has 3 rings (SSSR count). The van der Waals surface area contributed by atoms with Crippen LogP contribution >= 0.6 is 0 Å². The molecule has 7 heteroatoms. The Bertz CT molecular complexity index is 837. The van der Waals surface area contributed by atoms with Gasteiger partial charge in [0, 0.05) is 16.7 Å². The maximum absolute atomic E-state index is 13.5. The molecule has 0 spiro atoms. The minimum absolute atomic E-state index is 0.0535.